The van der Waals surface area contributed by atoms with Crippen molar-refractivity contribution in [3.05, 3.63) is 43.3 Å². The molecule has 2 aromatic rings. The Kier molecular flexibility index (Phi) is 3.87. The summed E-state index contributed by atoms with van der Waals surface area (Å²) >= 11 is 3.02. The average molecular weight is 385 g/mol. The van der Waals surface area contributed by atoms with E-state index in [1.165, 1.54) is 13.0 Å². The molecule has 6 nitrogen and oxygen atoms in total. The van der Waals surface area contributed by atoms with Crippen molar-refractivity contribution in [3.8, 4) is 0 Å². The van der Waals surface area contributed by atoms with Crippen LogP contribution in [0.2, 0.25) is 0 Å². The van der Waals surface area contributed by atoms with Crippen LogP contribution >= 0.6 is 15.9 Å². The van der Waals surface area contributed by atoms with Crippen molar-refractivity contribution < 1.29 is 14.3 Å². The van der Waals surface area contributed by atoms with Crippen LogP contribution in [0.3, 0.4) is 0 Å². The largest absolute Gasteiger partial charge is 0.480 e. The second-order valence-corrected chi connectivity index (χ2v) is 6.66. The number of aliphatic carboxylic acids is 1. The number of rotatable bonds is 4. The molecule has 1 N–H and O–H groups in total. The van der Waals surface area contributed by atoms with Gasteiger partial charge in [-0.05, 0) is 53.7 Å². The summed E-state index contributed by atoms with van der Waals surface area (Å²) in [5, 5.41) is 9.36. The standard InChI is InChI=1S/C15H14BrFN2O4/c1-7(14(21)22)19-12-5-11(17)10(16)4-9(12)13(20)18(15(19)23)6-8-2-3-8/h4-5,7-8H,2-3,6H2,1H3,(H,21,22). The molecule has 1 atom stereocenters. The maximum absolute atomic E-state index is 13.9. The number of nitrogens with zero attached hydrogens (tertiary/aromatic N) is 2. The zero-order valence-electron chi connectivity index (χ0n) is 12.3. The van der Waals surface area contributed by atoms with Crippen molar-refractivity contribution in [2.75, 3.05) is 0 Å². The number of carboxylic acid groups (broad SMARTS) is 1. The molecule has 1 unspecified atom stereocenters. The fourth-order valence-corrected chi connectivity index (χ4v) is 2.92. The van der Waals surface area contributed by atoms with Crippen LogP contribution in [0.15, 0.2) is 26.2 Å². The minimum Gasteiger partial charge on any atom is -0.480 e. The molecule has 0 spiro atoms. The molecule has 1 aliphatic carbocycles. The molecular weight excluding hydrogens is 371 g/mol. The van der Waals surface area contributed by atoms with Gasteiger partial charge in [0.05, 0.1) is 15.4 Å². The smallest absolute Gasteiger partial charge is 0.332 e. The van der Waals surface area contributed by atoms with Crippen LogP contribution in [0.25, 0.3) is 10.9 Å². The maximum atomic E-state index is 13.9. The number of carbonyl (C=O) groups is 1. The first-order valence-electron chi connectivity index (χ1n) is 7.18. The van der Waals surface area contributed by atoms with Crippen LogP contribution in [0, 0.1) is 11.7 Å². The number of aromatic nitrogens is 2. The average Bonchev–Trinajstić information content (AvgIpc) is 3.30. The first kappa shape index (κ1) is 15.9. The number of carboxylic acids is 1. The van der Waals surface area contributed by atoms with Crippen molar-refractivity contribution in [2.24, 2.45) is 5.92 Å². The Labute approximate surface area is 138 Å². The van der Waals surface area contributed by atoms with E-state index in [9.17, 15) is 23.9 Å². The highest BCUT2D eigenvalue weighted by molar-refractivity contribution is 9.10. The molecule has 0 saturated heterocycles. The molecule has 1 heterocycles. The third-order valence-corrected chi connectivity index (χ3v) is 4.70. The van der Waals surface area contributed by atoms with Crippen molar-refractivity contribution in [1.82, 2.24) is 9.13 Å². The second-order valence-electron chi connectivity index (χ2n) is 5.81. The number of fused-ring (bicyclic) bond motifs is 1. The maximum Gasteiger partial charge on any atom is 0.332 e. The Morgan fingerprint density at radius 3 is 2.65 bits per heavy atom. The van der Waals surface area contributed by atoms with E-state index in [0.717, 1.165) is 28.0 Å². The van der Waals surface area contributed by atoms with Crippen LogP contribution in [0.4, 0.5) is 4.39 Å². The summed E-state index contributed by atoms with van der Waals surface area (Å²) in [5.74, 6) is -1.63. The molecule has 0 bridgehead atoms. The lowest BCUT2D eigenvalue weighted by molar-refractivity contribution is -0.140. The number of hydrogen-bond donors (Lipinski definition) is 1. The molecule has 0 aliphatic heterocycles. The normalized spacial score (nSPS) is 15.8. The Hall–Kier alpha value is -1.96. The summed E-state index contributed by atoms with van der Waals surface area (Å²) in [6.45, 7) is 1.59. The molecule has 122 valence electrons. The van der Waals surface area contributed by atoms with Gasteiger partial charge in [-0.3, -0.25) is 13.9 Å². The minimum atomic E-state index is -1.23. The van der Waals surface area contributed by atoms with E-state index < -0.39 is 29.1 Å². The van der Waals surface area contributed by atoms with Gasteiger partial charge in [0, 0.05) is 6.54 Å². The second kappa shape index (κ2) is 5.59. The number of benzene rings is 1. The molecule has 1 aromatic carbocycles. The van der Waals surface area contributed by atoms with Crippen LogP contribution in [-0.2, 0) is 11.3 Å². The lowest BCUT2D eigenvalue weighted by Crippen LogP contribution is -2.42. The molecule has 1 aliphatic rings. The van der Waals surface area contributed by atoms with E-state index >= 15 is 0 Å². The molecular formula is C15H14BrFN2O4. The van der Waals surface area contributed by atoms with Gasteiger partial charge in [-0.15, -0.1) is 0 Å². The Morgan fingerprint density at radius 2 is 2.09 bits per heavy atom. The predicted octanol–water partition coefficient (Wildman–Crippen LogP) is 2.12. The van der Waals surface area contributed by atoms with Gasteiger partial charge in [-0.25, -0.2) is 14.0 Å². The van der Waals surface area contributed by atoms with E-state index in [2.05, 4.69) is 15.9 Å². The highest BCUT2D eigenvalue weighted by atomic mass is 79.9. The summed E-state index contributed by atoms with van der Waals surface area (Å²) < 4.78 is 16.0. The Balaban J connectivity index is 2.41. The van der Waals surface area contributed by atoms with Gasteiger partial charge >= 0.3 is 11.7 Å². The van der Waals surface area contributed by atoms with E-state index in [1.807, 2.05) is 0 Å². The molecule has 0 radical (unpaired) electrons. The van der Waals surface area contributed by atoms with Crippen molar-refractivity contribution in [1.29, 1.82) is 0 Å². The molecule has 8 heteroatoms. The predicted molar refractivity (Wildman–Crippen MR) is 85.2 cm³/mol. The molecule has 23 heavy (non-hydrogen) atoms. The van der Waals surface area contributed by atoms with E-state index in [4.69, 9.17) is 0 Å². The summed E-state index contributed by atoms with van der Waals surface area (Å²) in [6, 6.07) is 1.10. The molecule has 1 saturated carbocycles. The topological polar surface area (TPSA) is 81.3 Å². The Morgan fingerprint density at radius 1 is 1.43 bits per heavy atom. The Bertz CT molecular complexity index is 930. The highest BCUT2D eigenvalue weighted by Gasteiger charge is 2.27. The van der Waals surface area contributed by atoms with Gasteiger partial charge in [0.15, 0.2) is 0 Å². The van der Waals surface area contributed by atoms with Crippen LogP contribution < -0.4 is 11.2 Å². The van der Waals surface area contributed by atoms with E-state index in [1.54, 1.807) is 0 Å². The third-order valence-electron chi connectivity index (χ3n) is 4.09. The third kappa shape index (κ3) is 2.71. The summed E-state index contributed by atoms with van der Waals surface area (Å²) in [4.78, 5) is 36.5. The quantitative estimate of drug-likeness (QED) is 0.875. The SMILES string of the molecule is CC(C(=O)O)n1c(=O)n(CC2CC2)c(=O)c2cc(Br)c(F)cc21. The molecule has 1 fully saturated rings. The van der Waals surface area contributed by atoms with Gasteiger partial charge in [-0.1, -0.05) is 0 Å². The monoisotopic (exact) mass is 384 g/mol. The van der Waals surface area contributed by atoms with E-state index in [-0.39, 0.29) is 27.8 Å². The van der Waals surface area contributed by atoms with Crippen LogP contribution in [-0.4, -0.2) is 20.2 Å². The fourth-order valence-electron chi connectivity index (χ4n) is 2.58. The summed E-state index contributed by atoms with van der Waals surface area (Å²) in [6.07, 6.45) is 1.87. The van der Waals surface area contributed by atoms with Gasteiger partial charge in [0.2, 0.25) is 0 Å². The van der Waals surface area contributed by atoms with Gasteiger partial charge in [0.25, 0.3) is 5.56 Å². The zero-order valence-corrected chi connectivity index (χ0v) is 13.8. The number of hydrogen-bond acceptors (Lipinski definition) is 3. The molecule has 1 aromatic heterocycles. The van der Waals surface area contributed by atoms with Gasteiger partial charge in [-0.2, -0.15) is 0 Å². The first-order chi connectivity index (χ1) is 10.8. The zero-order chi connectivity index (χ0) is 16.9. The van der Waals surface area contributed by atoms with Crippen molar-refractivity contribution in [3.63, 3.8) is 0 Å². The molecule has 0 amide bonds. The summed E-state index contributed by atoms with van der Waals surface area (Å²) in [5.41, 5.74) is -1.25. The summed E-state index contributed by atoms with van der Waals surface area (Å²) in [7, 11) is 0. The fraction of sp³-hybridized carbons (Fsp3) is 0.400. The number of halogens is 2. The lowest BCUT2D eigenvalue weighted by atomic mass is 10.2. The highest BCUT2D eigenvalue weighted by Crippen LogP contribution is 2.30. The van der Waals surface area contributed by atoms with Crippen molar-refractivity contribution in [2.45, 2.75) is 32.4 Å². The van der Waals surface area contributed by atoms with Crippen LogP contribution in [0.5, 0.6) is 0 Å². The van der Waals surface area contributed by atoms with Gasteiger partial charge in [0.1, 0.15) is 11.9 Å². The van der Waals surface area contributed by atoms with Crippen molar-refractivity contribution >= 4 is 32.8 Å². The first-order valence-corrected chi connectivity index (χ1v) is 7.97. The molecule has 3 rings (SSSR count). The van der Waals surface area contributed by atoms with Crippen LogP contribution in [0.1, 0.15) is 25.8 Å². The lowest BCUT2D eigenvalue weighted by Gasteiger charge is -2.17. The van der Waals surface area contributed by atoms with E-state index in [0.29, 0.717) is 0 Å². The minimum absolute atomic E-state index is 0.0114. The van der Waals surface area contributed by atoms with Gasteiger partial charge < -0.3 is 5.11 Å².